The zero-order chi connectivity index (χ0) is 21.3. The molecule has 0 saturated carbocycles. The minimum atomic E-state index is -0.493. The highest BCUT2D eigenvalue weighted by Gasteiger charge is 2.35. The number of amides is 1. The molecule has 1 aliphatic heterocycles. The maximum absolute atomic E-state index is 13.2. The smallest absolute Gasteiger partial charge is 0.241 e. The van der Waals surface area contributed by atoms with Gasteiger partial charge in [-0.25, -0.2) is 14.4 Å². The van der Waals surface area contributed by atoms with Crippen LogP contribution in [-0.4, -0.2) is 43.6 Å². The first-order valence-corrected chi connectivity index (χ1v) is 9.81. The monoisotopic (exact) mass is 412 g/mol. The Bertz CT molecular complexity index is 1060. The van der Waals surface area contributed by atoms with E-state index in [0.29, 0.717) is 35.8 Å². The van der Waals surface area contributed by atoms with Crippen LogP contribution in [0.3, 0.4) is 0 Å². The fraction of sp³-hybridized carbons (Fsp3) is 0.381. The van der Waals surface area contributed by atoms with E-state index in [1.165, 1.54) is 0 Å². The molecule has 0 radical (unpaired) electrons. The van der Waals surface area contributed by atoms with Gasteiger partial charge < -0.3 is 9.73 Å². The number of rotatable bonds is 5. The minimum Gasteiger partial charge on any atom is -0.424 e. The Morgan fingerprint density at radius 2 is 2.07 bits per heavy atom. The molecule has 158 valence electrons. The third kappa shape index (κ3) is 4.35. The summed E-state index contributed by atoms with van der Waals surface area (Å²) in [5.74, 6) is 1.22. The molecular formula is C21H25FN6O2. The summed E-state index contributed by atoms with van der Waals surface area (Å²) in [5, 5.41) is 10.9. The first-order valence-electron chi connectivity index (χ1n) is 9.81. The van der Waals surface area contributed by atoms with E-state index in [1.807, 2.05) is 25.1 Å². The Hall–Kier alpha value is -3.20. The molecule has 1 fully saturated rings. The molecule has 0 aliphatic carbocycles. The van der Waals surface area contributed by atoms with Crippen LogP contribution in [-0.2, 0) is 11.3 Å². The van der Waals surface area contributed by atoms with Gasteiger partial charge in [0, 0.05) is 26.1 Å². The summed E-state index contributed by atoms with van der Waals surface area (Å²) >= 11 is 0. The molecule has 9 heteroatoms. The van der Waals surface area contributed by atoms with Gasteiger partial charge in [0.1, 0.15) is 0 Å². The van der Waals surface area contributed by atoms with Crippen LogP contribution in [0.2, 0.25) is 0 Å². The maximum atomic E-state index is 13.2. The highest BCUT2D eigenvalue weighted by Crippen LogP contribution is 2.27. The highest BCUT2D eigenvalue weighted by atomic mass is 19.1. The number of hydrogen-bond acceptors (Lipinski definition) is 7. The summed E-state index contributed by atoms with van der Waals surface area (Å²) in [6.45, 7) is 7.00. The van der Waals surface area contributed by atoms with Gasteiger partial charge in [-0.1, -0.05) is 13.0 Å². The van der Waals surface area contributed by atoms with E-state index in [0.717, 1.165) is 36.5 Å². The molecule has 2 atom stereocenters. The Morgan fingerprint density at radius 1 is 1.30 bits per heavy atom. The molecular weight excluding hydrogens is 387 g/mol. The third-order valence-electron chi connectivity index (χ3n) is 5.19. The van der Waals surface area contributed by atoms with E-state index in [4.69, 9.17) is 4.42 Å². The summed E-state index contributed by atoms with van der Waals surface area (Å²) in [5.41, 5.74) is 2.31. The van der Waals surface area contributed by atoms with E-state index >= 15 is 0 Å². The van der Waals surface area contributed by atoms with Crippen LogP contribution in [0.1, 0.15) is 32.1 Å². The van der Waals surface area contributed by atoms with Crippen molar-refractivity contribution in [1.82, 2.24) is 25.1 Å². The van der Waals surface area contributed by atoms with Gasteiger partial charge in [-0.2, -0.15) is 0 Å². The summed E-state index contributed by atoms with van der Waals surface area (Å²) in [7, 11) is 0. The van der Waals surface area contributed by atoms with E-state index in [2.05, 4.69) is 37.3 Å². The number of carbonyl (C=O) groups excluding carboxylic acids is 1. The molecule has 1 aliphatic rings. The predicted octanol–water partition coefficient (Wildman–Crippen LogP) is 3.38. The van der Waals surface area contributed by atoms with Crippen LogP contribution in [0.25, 0.3) is 11.4 Å². The molecule has 1 saturated heterocycles. The molecule has 0 spiro atoms. The van der Waals surface area contributed by atoms with E-state index in [-0.39, 0.29) is 13.4 Å². The van der Waals surface area contributed by atoms with Crippen molar-refractivity contribution in [1.29, 1.82) is 0 Å². The number of hydrogen-bond donors (Lipinski definition) is 1. The number of aromatic nitrogens is 4. The molecule has 3 heterocycles. The van der Waals surface area contributed by atoms with Crippen molar-refractivity contribution < 1.29 is 15.0 Å². The van der Waals surface area contributed by atoms with Gasteiger partial charge in [-0.05, 0) is 37.0 Å². The zero-order valence-electron chi connectivity index (χ0n) is 17.1. The molecule has 2 aromatic heterocycles. The van der Waals surface area contributed by atoms with Gasteiger partial charge in [0.15, 0.2) is 11.6 Å². The quantitative estimate of drug-likeness (QED) is 0.686. The van der Waals surface area contributed by atoms with Crippen molar-refractivity contribution in [2.24, 2.45) is 5.92 Å². The van der Waals surface area contributed by atoms with Crippen LogP contribution < -0.4 is 5.32 Å². The molecule has 3 aromatic rings. The molecule has 8 nitrogen and oxygen atoms in total. The lowest BCUT2D eigenvalue weighted by molar-refractivity contribution is -0.120. The van der Waals surface area contributed by atoms with Crippen LogP contribution in [0.5, 0.6) is 0 Å². The summed E-state index contributed by atoms with van der Waals surface area (Å²) in [6.07, 6.45) is 3.01. The molecule has 0 unspecified atom stereocenters. The SMILES string of the molecule is Cc1nnc(CN2C[C@@H](C)C[C@@H]2C(=O)Nc2ccc(C)c(-c3ncc(F)cn3)c2)o1.[HH]. The fourth-order valence-corrected chi connectivity index (χ4v) is 3.77. The number of aryl methyl sites for hydroxylation is 2. The fourth-order valence-electron chi connectivity index (χ4n) is 3.77. The van der Waals surface area contributed by atoms with Gasteiger partial charge in [0.05, 0.1) is 25.0 Å². The molecule has 4 rings (SSSR count). The van der Waals surface area contributed by atoms with Crippen LogP contribution in [0.4, 0.5) is 10.1 Å². The van der Waals surface area contributed by atoms with Crippen molar-refractivity contribution in [3.63, 3.8) is 0 Å². The Balaban J connectivity index is 0.00000272. The lowest BCUT2D eigenvalue weighted by atomic mass is 10.1. The summed E-state index contributed by atoms with van der Waals surface area (Å²) in [4.78, 5) is 23.2. The number of nitrogens with zero attached hydrogens (tertiary/aromatic N) is 5. The number of likely N-dealkylation sites (tertiary alicyclic amines) is 1. The largest absolute Gasteiger partial charge is 0.424 e. The maximum Gasteiger partial charge on any atom is 0.241 e. The standard InChI is InChI=1S/C21H23FN6O2.H2/c1-12-6-18(28(10-12)11-19-27-26-14(3)30-19)21(29)25-16-5-4-13(2)17(7-16)20-23-8-15(22)9-24-20;/h4-5,7-9,12,18H,6,10-11H2,1-3H3,(H,25,29);1H/t12-,18+;/m0./s1. The van der Waals surface area contributed by atoms with Gasteiger partial charge in [-0.15, -0.1) is 10.2 Å². The van der Waals surface area contributed by atoms with Gasteiger partial charge in [-0.3, -0.25) is 9.69 Å². The van der Waals surface area contributed by atoms with Crippen LogP contribution in [0, 0.1) is 25.6 Å². The Labute approximate surface area is 175 Å². The first kappa shape index (κ1) is 20.1. The van der Waals surface area contributed by atoms with Gasteiger partial charge in [0.2, 0.25) is 17.7 Å². The Morgan fingerprint density at radius 3 is 2.77 bits per heavy atom. The van der Waals surface area contributed by atoms with E-state index < -0.39 is 5.82 Å². The van der Waals surface area contributed by atoms with Crippen molar-refractivity contribution in [2.45, 2.75) is 39.8 Å². The van der Waals surface area contributed by atoms with E-state index in [9.17, 15) is 9.18 Å². The molecule has 1 N–H and O–H groups in total. The van der Waals surface area contributed by atoms with Crippen molar-refractivity contribution in [2.75, 3.05) is 11.9 Å². The summed E-state index contributed by atoms with van der Waals surface area (Å²) in [6, 6.07) is 5.24. The third-order valence-corrected chi connectivity index (χ3v) is 5.19. The lowest BCUT2D eigenvalue weighted by Crippen LogP contribution is -2.39. The van der Waals surface area contributed by atoms with Gasteiger partial charge in [0.25, 0.3) is 0 Å². The molecule has 1 aromatic carbocycles. The lowest BCUT2D eigenvalue weighted by Gasteiger charge is -2.22. The number of halogens is 1. The first-order chi connectivity index (χ1) is 14.4. The normalized spacial score (nSPS) is 19.2. The van der Waals surface area contributed by atoms with E-state index in [1.54, 1.807) is 6.92 Å². The highest BCUT2D eigenvalue weighted by molar-refractivity contribution is 5.95. The number of nitrogens with one attached hydrogen (secondary N) is 1. The molecule has 1 amide bonds. The average molecular weight is 412 g/mol. The second-order valence-electron chi connectivity index (χ2n) is 7.74. The number of carbonyl (C=O) groups is 1. The van der Waals surface area contributed by atoms with Crippen molar-refractivity contribution >= 4 is 11.6 Å². The van der Waals surface area contributed by atoms with Crippen LogP contribution >= 0.6 is 0 Å². The Kier molecular flexibility index (Phi) is 5.54. The topological polar surface area (TPSA) is 97.0 Å². The number of benzene rings is 1. The number of anilines is 1. The molecule has 30 heavy (non-hydrogen) atoms. The average Bonchev–Trinajstić information content (AvgIpc) is 3.29. The molecule has 0 bridgehead atoms. The zero-order valence-corrected chi connectivity index (χ0v) is 17.1. The van der Waals surface area contributed by atoms with Crippen molar-refractivity contribution in [3.8, 4) is 11.4 Å². The van der Waals surface area contributed by atoms with Crippen molar-refractivity contribution in [3.05, 3.63) is 53.8 Å². The predicted molar refractivity (Wildman–Crippen MR) is 110 cm³/mol. The summed E-state index contributed by atoms with van der Waals surface area (Å²) < 4.78 is 18.6. The second kappa shape index (κ2) is 8.27. The second-order valence-corrected chi connectivity index (χ2v) is 7.74. The minimum absolute atomic E-state index is 0. The van der Waals surface area contributed by atoms with Gasteiger partial charge >= 0.3 is 0 Å². The van der Waals surface area contributed by atoms with Crippen LogP contribution in [0.15, 0.2) is 35.0 Å².